The molecule has 0 radical (unpaired) electrons. The van der Waals surface area contributed by atoms with Gasteiger partial charge in [-0.1, -0.05) is 17.7 Å². The summed E-state index contributed by atoms with van der Waals surface area (Å²) in [4.78, 5) is 44.7. The fraction of sp³-hybridized carbons (Fsp3) is 0.321. The fourth-order valence-corrected chi connectivity index (χ4v) is 5.31. The van der Waals surface area contributed by atoms with Crippen molar-refractivity contribution in [2.45, 2.75) is 39.7 Å². The number of rotatable bonds is 7. The first-order valence-corrected chi connectivity index (χ1v) is 13.5. The lowest BCUT2D eigenvalue weighted by Crippen LogP contribution is -2.29. The highest BCUT2D eigenvalue weighted by molar-refractivity contribution is 6.31. The number of nitrogens with zero attached hydrogens (tertiary/aromatic N) is 7. The Morgan fingerprint density at radius 1 is 1.12 bits per heavy atom. The minimum absolute atomic E-state index is 0.123. The van der Waals surface area contributed by atoms with Crippen LogP contribution in [0.3, 0.4) is 0 Å². The van der Waals surface area contributed by atoms with Crippen LogP contribution >= 0.6 is 11.6 Å². The molecule has 0 spiro atoms. The van der Waals surface area contributed by atoms with Crippen LogP contribution in [0.5, 0.6) is 0 Å². The highest BCUT2D eigenvalue weighted by Gasteiger charge is 2.52. The molecule has 2 amide bonds. The van der Waals surface area contributed by atoms with Gasteiger partial charge in [-0.3, -0.25) is 19.3 Å². The number of alkyl halides is 2. The zero-order valence-corrected chi connectivity index (χ0v) is 23.4. The van der Waals surface area contributed by atoms with E-state index < -0.39 is 35.3 Å². The number of aromatic nitrogens is 6. The molecule has 4 aromatic rings. The Hall–Kier alpha value is -4.39. The Morgan fingerprint density at radius 2 is 1.90 bits per heavy atom. The number of carbonyl (C=O) groups is 2. The second-order valence-electron chi connectivity index (χ2n) is 10.4. The third-order valence-electron chi connectivity index (χ3n) is 7.60. The molecule has 2 fully saturated rings. The van der Waals surface area contributed by atoms with E-state index in [2.05, 4.69) is 30.4 Å². The smallest absolute Gasteiger partial charge is 0.276 e. The average Bonchev–Trinajstić information content (AvgIpc) is 3.46. The van der Waals surface area contributed by atoms with Crippen LogP contribution in [-0.2, 0) is 4.79 Å². The van der Waals surface area contributed by atoms with E-state index in [4.69, 9.17) is 11.6 Å². The first-order chi connectivity index (χ1) is 20.0. The van der Waals surface area contributed by atoms with Crippen molar-refractivity contribution in [2.75, 3.05) is 16.8 Å². The molecular weight excluding hydrogens is 573 g/mol. The Balaban J connectivity index is 1.20. The molecule has 1 aromatic carbocycles. The van der Waals surface area contributed by atoms with Gasteiger partial charge in [0.1, 0.15) is 11.7 Å². The van der Waals surface area contributed by atoms with E-state index in [0.717, 1.165) is 24.8 Å². The normalized spacial score (nSPS) is 18.4. The van der Waals surface area contributed by atoms with Crippen LogP contribution in [0.2, 0.25) is 5.02 Å². The average molecular weight is 597 g/mol. The molecule has 0 bridgehead atoms. The largest absolute Gasteiger partial charge is 0.318 e. The lowest BCUT2D eigenvalue weighted by atomic mass is 10.0. The minimum Gasteiger partial charge on any atom is -0.318 e. The lowest BCUT2D eigenvalue weighted by molar-refractivity contribution is -0.118. The number of hydrogen-bond acceptors (Lipinski definition) is 7. The number of aryl methyl sites for hydroxylation is 2. The first kappa shape index (κ1) is 27.8. The maximum Gasteiger partial charge on any atom is 0.276 e. The number of fused-ring (bicyclic) bond motifs is 1. The second kappa shape index (κ2) is 10.5. The molecule has 4 heterocycles. The topological polar surface area (TPSA) is 119 Å². The number of carbonyl (C=O) groups excluding carboxylic acids is 2. The number of amides is 2. The van der Waals surface area contributed by atoms with Crippen LogP contribution in [-0.4, -0.2) is 48.1 Å². The number of halogens is 4. The maximum absolute atomic E-state index is 14.8. The number of piperidine rings is 1. The van der Waals surface area contributed by atoms with E-state index in [1.165, 1.54) is 13.1 Å². The fourth-order valence-electron chi connectivity index (χ4n) is 5.15. The van der Waals surface area contributed by atoms with Crippen LogP contribution in [0, 0.1) is 31.5 Å². The summed E-state index contributed by atoms with van der Waals surface area (Å²) >= 11 is 5.83. The summed E-state index contributed by atoms with van der Waals surface area (Å²) < 4.78 is 43.6. The van der Waals surface area contributed by atoms with Crippen LogP contribution in [0.25, 0.3) is 11.3 Å². The van der Waals surface area contributed by atoms with Crippen molar-refractivity contribution >= 4 is 34.8 Å². The van der Waals surface area contributed by atoms with Crippen molar-refractivity contribution in [3.8, 4) is 11.3 Å². The Kier molecular flexibility index (Phi) is 6.92. The van der Waals surface area contributed by atoms with Gasteiger partial charge in [0.25, 0.3) is 12.3 Å². The third kappa shape index (κ3) is 4.87. The first-order valence-electron chi connectivity index (χ1n) is 13.1. The molecular formula is C28H24ClF3N8O2. The van der Waals surface area contributed by atoms with E-state index in [9.17, 15) is 22.8 Å². The summed E-state index contributed by atoms with van der Waals surface area (Å²) in [6.45, 7) is 5.87. The van der Waals surface area contributed by atoms with Gasteiger partial charge in [0.15, 0.2) is 11.6 Å². The standard InChI is InChI=1S/C28H24ClF3N8O2/c1-12-21(39-10-15-6-18(15)28(39)42)9-34-26(36-12)14(3)40-11-16(7-35-40)37-27(41)24-13(2)33-8-20(38-24)22-17(25(31)32)4-5-19(29)23(22)30/h4-5,7-9,11,14-15,18,25H,6,10H2,1-3H3,(H,37,41)/t14-,15+,18+/m0/s1. The predicted molar refractivity (Wildman–Crippen MR) is 147 cm³/mol. The van der Waals surface area contributed by atoms with Crippen molar-refractivity contribution in [2.24, 2.45) is 11.8 Å². The highest BCUT2D eigenvalue weighted by atomic mass is 35.5. The summed E-state index contributed by atoms with van der Waals surface area (Å²) in [5, 5.41) is 6.61. The molecule has 14 heteroatoms. The molecule has 3 atom stereocenters. The van der Waals surface area contributed by atoms with Gasteiger partial charge < -0.3 is 10.2 Å². The highest BCUT2D eigenvalue weighted by Crippen LogP contribution is 2.47. The SMILES string of the molecule is Cc1nc([C@H](C)n2cc(NC(=O)c3nc(-c4c(C(F)F)ccc(Cl)c4F)cnc3C)cn2)ncc1N1C[C@H]2C[C@H]2C1=O. The zero-order valence-electron chi connectivity index (χ0n) is 22.6. The van der Waals surface area contributed by atoms with Crippen LogP contribution in [0.1, 0.15) is 59.1 Å². The van der Waals surface area contributed by atoms with Gasteiger partial charge in [-0.2, -0.15) is 5.10 Å². The quantitative estimate of drug-likeness (QED) is 0.307. The molecule has 1 saturated carbocycles. The Bertz CT molecular complexity index is 1750. The Morgan fingerprint density at radius 3 is 2.60 bits per heavy atom. The molecule has 1 saturated heterocycles. The van der Waals surface area contributed by atoms with E-state index in [-0.39, 0.29) is 33.9 Å². The summed E-state index contributed by atoms with van der Waals surface area (Å²) in [6, 6.07) is 1.64. The van der Waals surface area contributed by atoms with Gasteiger partial charge in [-0.25, -0.2) is 28.1 Å². The second-order valence-corrected chi connectivity index (χ2v) is 10.8. The van der Waals surface area contributed by atoms with Gasteiger partial charge in [0.2, 0.25) is 5.91 Å². The monoisotopic (exact) mass is 596 g/mol. The van der Waals surface area contributed by atoms with Crippen molar-refractivity contribution in [3.05, 3.63) is 76.2 Å². The molecule has 2 aliphatic rings. The van der Waals surface area contributed by atoms with Crippen molar-refractivity contribution in [1.29, 1.82) is 0 Å². The maximum atomic E-state index is 14.8. The lowest BCUT2D eigenvalue weighted by Gasteiger charge is -2.20. The van der Waals surface area contributed by atoms with Gasteiger partial charge in [-0.15, -0.1) is 0 Å². The van der Waals surface area contributed by atoms with Crippen molar-refractivity contribution in [3.63, 3.8) is 0 Å². The van der Waals surface area contributed by atoms with E-state index in [0.29, 0.717) is 35.4 Å². The number of hydrogen-bond donors (Lipinski definition) is 1. The molecule has 10 nitrogen and oxygen atoms in total. The predicted octanol–water partition coefficient (Wildman–Crippen LogP) is 5.32. The summed E-state index contributed by atoms with van der Waals surface area (Å²) in [5.41, 5.74) is 0.326. The molecule has 6 rings (SSSR count). The Labute approximate surface area is 243 Å². The molecule has 42 heavy (non-hydrogen) atoms. The summed E-state index contributed by atoms with van der Waals surface area (Å²) in [7, 11) is 0. The number of benzene rings is 1. The zero-order chi connectivity index (χ0) is 29.9. The van der Waals surface area contributed by atoms with E-state index in [1.807, 2.05) is 13.8 Å². The summed E-state index contributed by atoms with van der Waals surface area (Å²) in [5.74, 6) is -0.618. The van der Waals surface area contributed by atoms with Crippen molar-refractivity contribution in [1.82, 2.24) is 29.7 Å². The molecule has 3 aromatic heterocycles. The van der Waals surface area contributed by atoms with Gasteiger partial charge in [-0.05, 0) is 39.2 Å². The van der Waals surface area contributed by atoms with Gasteiger partial charge >= 0.3 is 0 Å². The summed E-state index contributed by atoms with van der Waals surface area (Å²) in [6.07, 6.45) is 3.72. The number of anilines is 2. The van der Waals surface area contributed by atoms with Gasteiger partial charge in [0.05, 0.1) is 52.1 Å². The molecule has 216 valence electrons. The molecule has 1 N–H and O–H groups in total. The molecule has 1 aliphatic heterocycles. The van der Waals surface area contributed by atoms with Crippen LogP contribution in [0.4, 0.5) is 24.5 Å². The molecule has 1 aliphatic carbocycles. The van der Waals surface area contributed by atoms with E-state index in [1.54, 1.807) is 22.0 Å². The van der Waals surface area contributed by atoms with Gasteiger partial charge in [0, 0.05) is 29.8 Å². The minimum atomic E-state index is -3.00. The molecule has 0 unspecified atom stereocenters. The van der Waals surface area contributed by atoms with Crippen LogP contribution < -0.4 is 10.2 Å². The van der Waals surface area contributed by atoms with E-state index >= 15 is 0 Å². The van der Waals surface area contributed by atoms with Crippen LogP contribution in [0.15, 0.2) is 36.9 Å². The number of nitrogens with one attached hydrogen (secondary N) is 1. The third-order valence-corrected chi connectivity index (χ3v) is 7.90. The van der Waals surface area contributed by atoms with Crippen molar-refractivity contribution < 1.29 is 22.8 Å².